The van der Waals surface area contributed by atoms with E-state index >= 15 is 0 Å². The number of carbonyl (C=O) groups excluding carboxylic acids is 3. The molecule has 3 atom stereocenters. The monoisotopic (exact) mass is 295 g/mol. The number of amides is 4. The van der Waals surface area contributed by atoms with Crippen molar-refractivity contribution in [1.29, 1.82) is 0 Å². The number of hydrogen-bond acceptors (Lipinski definition) is 3. The van der Waals surface area contributed by atoms with Crippen LogP contribution in [0.1, 0.15) is 46.5 Å². The first kappa shape index (κ1) is 15.8. The lowest BCUT2D eigenvalue weighted by Crippen LogP contribution is -2.59. The van der Waals surface area contributed by atoms with Crippen molar-refractivity contribution < 1.29 is 14.4 Å². The molecule has 2 N–H and O–H groups in total. The van der Waals surface area contributed by atoms with Crippen LogP contribution < -0.4 is 10.6 Å². The van der Waals surface area contributed by atoms with Crippen molar-refractivity contribution in [2.45, 2.75) is 52.0 Å². The summed E-state index contributed by atoms with van der Waals surface area (Å²) in [5.74, 6) is -0.324. The Balaban J connectivity index is 2.14. The van der Waals surface area contributed by atoms with Gasteiger partial charge in [0.2, 0.25) is 5.91 Å². The van der Waals surface area contributed by atoms with E-state index in [-0.39, 0.29) is 30.2 Å². The molecule has 2 fully saturated rings. The highest BCUT2D eigenvalue weighted by Crippen LogP contribution is 2.41. The van der Waals surface area contributed by atoms with E-state index in [9.17, 15) is 14.4 Å². The van der Waals surface area contributed by atoms with Crippen LogP contribution >= 0.6 is 0 Å². The maximum Gasteiger partial charge on any atom is 0.325 e. The molecule has 0 aromatic rings. The van der Waals surface area contributed by atoms with Crippen LogP contribution in [0, 0.1) is 11.8 Å². The normalized spacial score (nSPS) is 32.4. The second-order valence-corrected chi connectivity index (χ2v) is 6.27. The Kier molecular flexibility index (Phi) is 4.54. The molecule has 21 heavy (non-hydrogen) atoms. The van der Waals surface area contributed by atoms with Crippen molar-refractivity contribution in [2.24, 2.45) is 11.8 Å². The largest absolute Gasteiger partial charge is 0.355 e. The quantitative estimate of drug-likeness (QED) is 0.766. The minimum atomic E-state index is -0.819. The van der Waals surface area contributed by atoms with Gasteiger partial charge in [0, 0.05) is 6.54 Å². The SMILES string of the molecule is CCCNC(=O)CN1C(=O)NC2(C1=O)[C@H](C)CCC[C@@H]2C. The Morgan fingerprint density at radius 1 is 1.33 bits per heavy atom. The summed E-state index contributed by atoms with van der Waals surface area (Å²) in [6.07, 6.45) is 3.74. The molecule has 4 amide bonds. The van der Waals surface area contributed by atoms with Gasteiger partial charge in [-0.05, 0) is 31.1 Å². The van der Waals surface area contributed by atoms with Crippen LogP contribution in [0.3, 0.4) is 0 Å². The van der Waals surface area contributed by atoms with E-state index < -0.39 is 11.6 Å². The third kappa shape index (κ3) is 2.63. The molecular weight excluding hydrogens is 270 g/mol. The standard InChI is InChI=1S/C15H25N3O3/c1-4-8-16-12(19)9-18-13(20)15(17-14(18)21)10(2)6-5-7-11(15)3/h10-11H,4-9H2,1-3H3,(H,16,19)(H,17,21)/t10-,11+,15?. The van der Waals surface area contributed by atoms with E-state index in [2.05, 4.69) is 10.6 Å². The van der Waals surface area contributed by atoms with Crippen LogP contribution in [-0.2, 0) is 9.59 Å². The molecule has 1 aliphatic heterocycles. The molecule has 0 aromatic heterocycles. The van der Waals surface area contributed by atoms with Crippen LogP contribution in [0.5, 0.6) is 0 Å². The van der Waals surface area contributed by atoms with Gasteiger partial charge >= 0.3 is 6.03 Å². The van der Waals surface area contributed by atoms with Gasteiger partial charge in [-0.1, -0.05) is 27.2 Å². The minimum absolute atomic E-state index is 0.0985. The lowest BCUT2D eigenvalue weighted by molar-refractivity contribution is -0.139. The number of urea groups is 1. The first-order chi connectivity index (χ1) is 9.93. The molecular formula is C15H25N3O3. The van der Waals surface area contributed by atoms with Gasteiger partial charge in [0.1, 0.15) is 12.1 Å². The van der Waals surface area contributed by atoms with Gasteiger partial charge in [0.05, 0.1) is 0 Å². The highest BCUT2D eigenvalue weighted by Gasteiger charge is 2.58. The molecule has 0 aromatic carbocycles. The summed E-state index contributed by atoms with van der Waals surface area (Å²) < 4.78 is 0. The third-order valence-electron chi connectivity index (χ3n) is 4.86. The zero-order chi connectivity index (χ0) is 15.6. The number of rotatable bonds is 4. The van der Waals surface area contributed by atoms with Crippen LogP contribution in [0.15, 0.2) is 0 Å². The Morgan fingerprint density at radius 3 is 2.52 bits per heavy atom. The molecule has 0 bridgehead atoms. The average Bonchev–Trinajstić information content (AvgIpc) is 2.69. The third-order valence-corrected chi connectivity index (χ3v) is 4.86. The summed E-state index contributed by atoms with van der Waals surface area (Å²) in [4.78, 5) is 37.8. The maximum atomic E-state index is 12.8. The molecule has 6 nitrogen and oxygen atoms in total. The van der Waals surface area contributed by atoms with Gasteiger partial charge in [0.15, 0.2) is 0 Å². The van der Waals surface area contributed by atoms with E-state index in [0.29, 0.717) is 6.54 Å². The number of nitrogens with zero attached hydrogens (tertiary/aromatic N) is 1. The van der Waals surface area contributed by atoms with Gasteiger partial charge in [-0.15, -0.1) is 0 Å². The summed E-state index contributed by atoms with van der Waals surface area (Å²) >= 11 is 0. The fraction of sp³-hybridized carbons (Fsp3) is 0.800. The van der Waals surface area contributed by atoms with E-state index in [0.717, 1.165) is 30.6 Å². The molecule has 6 heteroatoms. The first-order valence-corrected chi connectivity index (χ1v) is 7.84. The molecule has 0 radical (unpaired) electrons. The topological polar surface area (TPSA) is 78.5 Å². The van der Waals surface area contributed by atoms with Crippen molar-refractivity contribution in [3.63, 3.8) is 0 Å². The van der Waals surface area contributed by atoms with E-state index in [1.165, 1.54) is 0 Å². The molecule has 118 valence electrons. The van der Waals surface area contributed by atoms with Gasteiger partial charge < -0.3 is 10.6 Å². The van der Waals surface area contributed by atoms with E-state index in [1.807, 2.05) is 20.8 Å². The molecule has 1 saturated carbocycles. The second kappa shape index (κ2) is 6.03. The van der Waals surface area contributed by atoms with Gasteiger partial charge in [-0.25, -0.2) is 4.79 Å². The van der Waals surface area contributed by atoms with Gasteiger partial charge in [-0.3, -0.25) is 14.5 Å². The van der Waals surface area contributed by atoms with Crippen LogP contribution in [0.2, 0.25) is 0 Å². The highest BCUT2D eigenvalue weighted by molar-refractivity contribution is 6.09. The summed E-state index contributed by atoms with van der Waals surface area (Å²) in [7, 11) is 0. The lowest BCUT2D eigenvalue weighted by atomic mass is 9.67. The van der Waals surface area contributed by atoms with Gasteiger partial charge in [0.25, 0.3) is 5.91 Å². The predicted octanol–water partition coefficient (Wildman–Crippen LogP) is 1.26. The summed E-state index contributed by atoms with van der Waals surface area (Å²) in [5, 5.41) is 5.59. The molecule has 1 spiro atoms. The summed E-state index contributed by atoms with van der Waals surface area (Å²) in [6.45, 7) is 6.34. The maximum absolute atomic E-state index is 12.8. The first-order valence-electron chi connectivity index (χ1n) is 7.84. The van der Waals surface area contributed by atoms with E-state index in [4.69, 9.17) is 0 Å². The zero-order valence-electron chi connectivity index (χ0n) is 13.1. The Hall–Kier alpha value is -1.59. The lowest BCUT2D eigenvalue weighted by Gasteiger charge is -2.42. The summed E-state index contributed by atoms with van der Waals surface area (Å²) in [5.41, 5.74) is -0.819. The zero-order valence-corrected chi connectivity index (χ0v) is 13.1. The van der Waals surface area contributed by atoms with Crippen LogP contribution in [0.4, 0.5) is 4.79 Å². The number of imide groups is 1. The Bertz CT molecular complexity index is 439. The molecule has 1 heterocycles. The molecule has 2 aliphatic rings. The average molecular weight is 295 g/mol. The predicted molar refractivity (Wildman–Crippen MR) is 78.5 cm³/mol. The second-order valence-electron chi connectivity index (χ2n) is 6.27. The smallest absolute Gasteiger partial charge is 0.325 e. The minimum Gasteiger partial charge on any atom is -0.355 e. The Morgan fingerprint density at radius 2 is 1.95 bits per heavy atom. The Labute approximate surface area is 125 Å². The van der Waals surface area contributed by atoms with Crippen molar-refractivity contribution in [2.75, 3.05) is 13.1 Å². The van der Waals surface area contributed by atoms with Crippen LogP contribution in [0.25, 0.3) is 0 Å². The number of hydrogen-bond donors (Lipinski definition) is 2. The molecule has 1 saturated heterocycles. The van der Waals surface area contributed by atoms with Crippen molar-refractivity contribution >= 4 is 17.8 Å². The van der Waals surface area contributed by atoms with Crippen molar-refractivity contribution in [3.05, 3.63) is 0 Å². The number of nitrogens with one attached hydrogen (secondary N) is 2. The van der Waals surface area contributed by atoms with Crippen molar-refractivity contribution in [1.82, 2.24) is 15.5 Å². The van der Waals surface area contributed by atoms with Crippen molar-refractivity contribution in [3.8, 4) is 0 Å². The fourth-order valence-corrected chi connectivity index (χ4v) is 3.56. The highest BCUT2D eigenvalue weighted by atomic mass is 16.2. The molecule has 2 rings (SSSR count). The van der Waals surface area contributed by atoms with Gasteiger partial charge in [-0.2, -0.15) is 0 Å². The van der Waals surface area contributed by atoms with E-state index in [1.54, 1.807) is 0 Å². The molecule has 1 unspecified atom stereocenters. The summed E-state index contributed by atoms with van der Waals surface area (Å²) in [6, 6.07) is -0.438. The van der Waals surface area contributed by atoms with Crippen LogP contribution in [-0.4, -0.2) is 41.4 Å². The molecule has 1 aliphatic carbocycles. The fourth-order valence-electron chi connectivity index (χ4n) is 3.56. The number of carbonyl (C=O) groups is 3.